The highest BCUT2D eigenvalue weighted by molar-refractivity contribution is 5.83. The van der Waals surface area contributed by atoms with Crippen LogP contribution in [0, 0.1) is 0 Å². The van der Waals surface area contributed by atoms with E-state index in [1.807, 2.05) is 30.5 Å². The Morgan fingerprint density at radius 3 is 3.18 bits per heavy atom. The van der Waals surface area contributed by atoms with E-state index in [0.29, 0.717) is 24.7 Å². The van der Waals surface area contributed by atoms with E-state index in [1.165, 1.54) is 4.90 Å². The summed E-state index contributed by atoms with van der Waals surface area (Å²) in [5.41, 5.74) is 1.89. The Hall–Kier alpha value is -2.83. The molecule has 0 saturated carbocycles. The maximum atomic E-state index is 11.2. The summed E-state index contributed by atoms with van der Waals surface area (Å²) in [4.78, 5) is 20.1. The normalized spacial score (nSPS) is 18.2. The van der Waals surface area contributed by atoms with Crippen molar-refractivity contribution in [2.45, 2.75) is 18.9 Å². The number of likely N-dealkylation sites (tertiary alicyclic amines) is 1. The van der Waals surface area contributed by atoms with Crippen molar-refractivity contribution in [3.8, 4) is 11.4 Å². The first-order valence-electron chi connectivity index (χ1n) is 7.13. The molecule has 1 fully saturated rings. The fourth-order valence-corrected chi connectivity index (χ4v) is 2.93. The monoisotopic (exact) mass is 298 g/mol. The Bertz CT molecular complexity index is 838. The molecule has 0 bridgehead atoms. The summed E-state index contributed by atoms with van der Waals surface area (Å²) in [7, 11) is 0. The maximum absolute atomic E-state index is 11.2. The molecule has 112 valence electrons. The van der Waals surface area contributed by atoms with Gasteiger partial charge in [0.2, 0.25) is 11.7 Å². The van der Waals surface area contributed by atoms with Crippen LogP contribution in [0.25, 0.3) is 22.3 Å². The molecule has 0 radical (unpaired) electrons. The van der Waals surface area contributed by atoms with Crippen molar-refractivity contribution in [2.24, 2.45) is 0 Å². The van der Waals surface area contributed by atoms with Crippen LogP contribution in [0.2, 0.25) is 0 Å². The number of nitrogens with one attached hydrogen (secondary N) is 1. The van der Waals surface area contributed by atoms with Crippen molar-refractivity contribution in [3.63, 3.8) is 0 Å². The molecular formula is C15H14N4O3. The van der Waals surface area contributed by atoms with Gasteiger partial charge >= 0.3 is 6.09 Å². The molecule has 1 amide bonds. The number of carbonyl (C=O) groups is 1. The Labute approximate surface area is 125 Å². The van der Waals surface area contributed by atoms with Gasteiger partial charge in [0.05, 0.1) is 0 Å². The van der Waals surface area contributed by atoms with Crippen molar-refractivity contribution in [2.75, 3.05) is 6.54 Å². The lowest BCUT2D eigenvalue weighted by atomic mass is 10.1. The molecule has 1 atom stereocenters. The lowest BCUT2D eigenvalue weighted by Crippen LogP contribution is -2.28. The van der Waals surface area contributed by atoms with E-state index in [4.69, 9.17) is 4.52 Å². The largest absolute Gasteiger partial charge is 0.465 e. The summed E-state index contributed by atoms with van der Waals surface area (Å²) in [6.45, 7) is 0.507. The van der Waals surface area contributed by atoms with Gasteiger partial charge < -0.3 is 14.6 Å². The van der Waals surface area contributed by atoms with E-state index in [-0.39, 0.29) is 6.04 Å². The summed E-state index contributed by atoms with van der Waals surface area (Å²) in [6.07, 6.45) is 2.45. The van der Waals surface area contributed by atoms with E-state index in [1.54, 1.807) is 0 Å². The van der Waals surface area contributed by atoms with Crippen LogP contribution in [0.3, 0.4) is 0 Å². The third kappa shape index (κ3) is 2.02. The Balaban J connectivity index is 1.67. The minimum Gasteiger partial charge on any atom is -0.465 e. The maximum Gasteiger partial charge on any atom is 0.407 e. The number of aromatic nitrogens is 3. The quantitative estimate of drug-likeness (QED) is 0.758. The van der Waals surface area contributed by atoms with E-state index in [0.717, 1.165) is 22.9 Å². The predicted molar refractivity (Wildman–Crippen MR) is 78.3 cm³/mol. The Kier molecular flexibility index (Phi) is 2.85. The van der Waals surface area contributed by atoms with E-state index in [9.17, 15) is 9.90 Å². The molecule has 1 aliphatic rings. The third-order valence-corrected chi connectivity index (χ3v) is 4.04. The van der Waals surface area contributed by atoms with Gasteiger partial charge in [-0.1, -0.05) is 5.16 Å². The fraction of sp³-hybridized carbons (Fsp3) is 0.267. The van der Waals surface area contributed by atoms with Crippen LogP contribution in [0.4, 0.5) is 4.79 Å². The van der Waals surface area contributed by atoms with Crippen LogP contribution in [0.1, 0.15) is 24.8 Å². The highest BCUT2D eigenvalue weighted by Crippen LogP contribution is 2.32. The molecule has 0 aliphatic carbocycles. The Morgan fingerprint density at radius 1 is 1.41 bits per heavy atom. The number of fused-ring (bicyclic) bond motifs is 1. The molecular weight excluding hydrogens is 284 g/mol. The third-order valence-electron chi connectivity index (χ3n) is 4.04. The highest BCUT2D eigenvalue weighted by atomic mass is 16.5. The number of benzene rings is 1. The molecule has 3 heterocycles. The number of rotatable bonds is 2. The van der Waals surface area contributed by atoms with Gasteiger partial charge in [0.15, 0.2) is 0 Å². The van der Waals surface area contributed by atoms with E-state index < -0.39 is 6.09 Å². The number of nitrogens with zero attached hydrogens (tertiary/aromatic N) is 3. The SMILES string of the molecule is O=C(O)N1CCC[C@H]1c1nc(-c2ccc3[nH]ccc3c2)no1. The lowest BCUT2D eigenvalue weighted by molar-refractivity contribution is 0.131. The number of hydrogen-bond acceptors (Lipinski definition) is 4. The van der Waals surface area contributed by atoms with Crippen molar-refractivity contribution < 1.29 is 14.4 Å². The second-order valence-electron chi connectivity index (χ2n) is 5.37. The molecule has 22 heavy (non-hydrogen) atoms. The standard InChI is InChI=1S/C15H14N4O3/c20-15(21)19-7-1-2-12(19)14-17-13(18-22-14)10-3-4-11-9(8-10)5-6-16-11/h3-6,8,12,16H,1-2,7H2,(H,20,21)/t12-/m0/s1. The molecule has 7 heteroatoms. The summed E-state index contributed by atoms with van der Waals surface area (Å²) in [6, 6.07) is 7.49. The average molecular weight is 298 g/mol. The molecule has 2 aromatic heterocycles. The van der Waals surface area contributed by atoms with Crippen molar-refractivity contribution >= 4 is 17.0 Å². The number of aromatic amines is 1. The summed E-state index contributed by atoms with van der Waals surface area (Å²) < 4.78 is 5.30. The zero-order chi connectivity index (χ0) is 15.1. The zero-order valence-corrected chi connectivity index (χ0v) is 11.7. The average Bonchev–Trinajstić information content (AvgIpc) is 3.25. The van der Waals surface area contributed by atoms with Crippen molar-refractivity contribution in [1.82, 2.24) is 20.0 Å². The summed E-state index contributed by atoms with van der Waals surface area (Å²) in [5.74, 6) is 0.847. The lowest BCUT2D eigenvalue weighted by Gasteiger charge is -2.17. The summed E-state index contributed by atoms with van der Waals surface area (Å²) >= 11 is 0. The van der Waals surface area contributed by atoms with Gasteiger partial charge in [-0.2, -0.15) is 4.98 Å². The minimum atomic E-state index is -0.948. The van der Waals surface area contributed by atoms with Gasteiger partial charge in [-0.05, 0) is 37.1 Å². The predicted octanol–water partition coefficient (Wildman–Crippen LogP) is 3.03. The van der Waals surface area contributed by atoms with Gasteiger partial charge in [0.25, 0.3) is 0 Å². The molecule has 1 aliphatic heterocycles. The smallest absolute Gasteiger partial charge is 0.407 e. The van der Waals surface area contributed by atoms with Gasteiger partial charge in [-0.25, -0.2) is 4.79 Å². The second-order valence-corrected chi connectivity index (χ2v) is 5.37. The zero-order valence-electron chi connectivity index (χ0n) is 11.7. The summed E-state index contributed by atoms with van der Waals surface area (Å²) in [5, 5.41) is 14.3. The molecule has 7 nitrogen and oxygen atoms in total. The van der Waals surface area contributed by atoms with Crippen LogP contribution in [-0.4, -0.2) is 37.8 Å². The molecule has 1 aromatic carbocycles. The minimum absolute atomic E-state index is 0.338. The van der Waals surface area contributed by atoms with E-state index >= 15 is 0 Å². The molecule has 0 unspecified atom stereocenters. The number of amides is 1. The van der Waals surface area contributed by atoms with Crippen molar-refractivity contribution in [3.05, 3.63) is 36.4 Å². The van der Waals surface area contributed by atoms with Crippen LogP contribution in [-0.2, 0) is 0 Å². The van der Waals surface area contributed by atoms with Gasteiger partial charge in [-0.3, -0.25) is 4.90 Å². The van der Waals surface area contributed by atoms with Crippen LogP contribution < -0.4 is 0 Å². The van der Waals surface area contributed by atoms with Crippen LogP contribution in [0.15, 0.2) is 35.0 Å². The Morgan fingerprint density at radius 2 is 2.32 bits per heavy atom. The molecule has 2 N–H and O–H groups in total. The highest BCUT2D eigenvalue weighted by Gasteiger charge is 2.34. The van der Waals surface area contributed by atoms with Gasteiger partial charge in [-0.15, -0.1) is 0 Å². The van der Waals surface area contributed by atoms with E-state index in [2.05, 4.69) is 15.1 Å². The second kappa shape index (κ2) is 4.87. The van der Waals surface area contributed by atoms with Gasteiger partial charge in [0.1, 0.15) is 6.04 Å². The number of H-pyrrole nitrogens is 1. The topological polar surface area (TPSA) is 95.2 Å². The first-order chi connectivity index (χ1) is 10.7. The molecule has 1 saturated heterocycles. The first kappa shape index (κ1) is 12.9. The van der Waals surface area contributed by atoms with Crippen LogP contribution >= 0.6 is 0 Å². The van der Waals surface area contributed by atoms with Gasteiger partial charge in [0, 0.05) is 29.2 Å². The first-order valence-corrected chi connectivity index (χ1v) is 7.13. The fourth-order valence-electron chi connectivity index (χ4n) is 2.93. The number of carboxylic acid groups (broad SMARTS) is 1. The molecule has 3 aromatic rings. The molecule has 0 spiro atoms. The van der Waals surface area contributed by atoms with Crippen molar-refractivity contribution in [1.29, 1.82) is 0 Å². The molecule has 4 rings (SSSR count). The number of hydrogen-bond donors (Lipinski definition) is 2. The van der Waals surface area contributed by atoms with Crippen LogP contribution in [0.5, 0.6) is 0 Å².